The highest BCUT2D eigenvalue weighted by molar-refractivity contribution is 6.07. The van der Waals surface area contributed by atoms with Gasteiger partial charge in [-0.05, 0) is 43.2 Å². The summed E-state index contributed by atoms with van der Waals surface area (Å²) in [5, 5.41) is 13.2. The average molecular weight is 881 g/mol. The molecule has 7 aromatic rings. The van der Waals surface area contributed by atoms with Crippen LogP contribution in [0.25, 0.3) is 89.7 Å². The molecule has 2 aliphatic heterocycles. The Bertz CT molecular complexity index is 2890. The second-order valence-electron chi connectivity index (χ2n) is 18.7. The number of aromatic amines is 2. The first-order valence-corrected chi connectivity index (χ1v) is 25.6. The Morgan fingerprint density at radius 1 is 0.364 bits per heavy atom. The van der Waals surface area contributed by atoms with Crippen LogP contribution in [0.5, 0.6) is 0 Å². The normalized spacial score (nSPS) is 12.0. The van der Waals surface area contributed by atoms with Gasteiger partial charge < -0.3 is 15.1 Å². The molecule has 0 unspecified atom stereocenters. The molecule has 3 N–H and O–H groups in total. The standard InChI is InChI=1S/C57H68N8O/c1-2-3-4-5-6-7-8-9-10-11-12-14-17-20-29-40-31-27-37-46-48(40)57-63-54(46)61-52-43-34-23-22-33-42(43)50(59-52)58-51-44-35-24-25-36-45(44)53(60-51)62-56-49-41(30-21-18-15-13-16-19-26-39-66)32-28-38-47(49)55(64-56)65-57/h22-25,27-28,31-38,66H,2-21,26,29-30,39H2,1H3,(H2,58,59,60,61,62,63,64,65). The largest absolute Gasteiger partial charge is 0.396 e. The summed E-state index contributed by atoms with van der Waals surface area (Å²) in [6.45, 7) is 2.58. The first-order chi connectivity index (χ1) is 32.7. The zero-order chi connectivity index (χ0) is 44.9. The molecular weight excluding hydrogens is 813 g/mol. The maximum absolute atomic E-state index is 9.19. The van der Waals surface area contributed by atoms with E-state index in [1.165, 1.54) is 114 Å². The van der Waals surface area contributed by atoms with Crippen molar-refractivity contribution in [2.75, 3.05) is 6.61 Å². The molecule has 0 saturated heterocycles. The van der Waals surface area contributed by atoms with Gasteiger partial charge in [0.05, 0.1) is 0 Å². The summed E-state index contributed by atoms with van der Waals surface area (Å²) in [6, 6.07) is 29.6. The minimum absolute atomic E-state index is 0.286. The third-order valence-corrected chi connectivity index (χ3v) is 13.8. The third-order valence-electron chi connectivity index (χ3n) is 13.8. The minimum atomic E-state index is 0.286. The summed E-state index contributed by atoms with van der Waals surface area (Å²) in [7, 11) is 0. The van der Waals surface area contributed by atoms with Crippen molar-refractivity contribution in [3.63, 3.8) is 0 Å². The Kier molecular flexibility index (Phi) is 15.5. The highest BCUT2D eigenvalue weighted by atomic mass is 16.2. The van der Waals surface area contributed by atoms with E-state index >= 15 is 0 Å². The number of H-pyrrole nitrogens is 2. The number of hydrogen-bond acceptors (Lipinski definition) is 7. The summed E-state index contributed by atoms with van der Waals surface area (Å²) >= 11 is 0. The van der Waals surface area contributed by atoms with E-state index in [4.69, 9.17) is 29.9 Å². The van der Waals surface area contributed by atoms with Crippen molar-refractivity contribution >= 4 is 44.1 Å². The van der Waals surface area contributed by atoms with Crippen LogP contribution in [0.3, 0.4) is 0 Å². The molecule has 0 atom stereocenters. The quantitative estimate of drug-likeness (QED) is 0.0515. The number of aryl methyl sites for hydroxylation is 2. The predicted molar refractivity (Wildman–Crippen MR) is 273 cm³/mol. The number of nitrogens with one attached hydrogen (secondary N) is 2. The van der Waals surface area contributed by atoms with Crippen molar-refractivity contribution in [1.82, 2.24) is 39.9 Å². The Morgan fingerprint density at radius 3 is 1.38 bits per heavy atom. The molecule has 5 heterocycles. The molecule has 0 spiro atoms. The first-order valence-electron chi connectivity index (χ1n) is 25.6. The lowest BCUT2D eigenvalue weighted by Gasteiger charge is -2.08. The first kappa shape index (κ1) is 45.4. The zero-order valence-electron chi connectivity index (χ0n) is 39.2. The molecule has 0 saturated carbocycles. The van der Waals surface area contributed by atoms with E-state index in [0.29, 0.717) is 34.6 Å². The van der Waals surface area contributed by atoms with Crippen LogP contribution in [0, 0.1) is 0 Å². The lowest BCUT2D eigenvalue weighted by atomic mass is 9.96. The fraction of sp³-hybridized carbons (Fsp3) is 0.439. The van der Waals surface area contributed by atoms with Gasteiger partial charge in [0.15, 0.2) is 23.3 Å². The predicted octanol–water partition coefficient (Wildman–Crippen LogP) is 15.2. The number of unbranched alkanes of at least 4 members (excludes halogenated alkanes) is 19. The molecule has 0 amide bonds. The Balaban J connectivity index is 1.07. The van der Waals surface area contributed by atoms with Gasteiger partial charge in [-0.25, -0.2) is 29.9 Å². The van der Waals surface area contributed by atoms with E-state index < -0.39 is 0 Å². The van der Waals surface area contributed by atoms with Crippen LogP contribution in [0.4, 0.5) is 0 Å². The molecule has 342 valence electrons. The van der Waals surface area contributed by atoms with Crippen LogP contribution >= 0.6 is 0 Å². The fourth-order valence-electron chi connectivity index (χ4n) is 10.2. The maximum atomic E-state index is 9.19. The van der Waals surface area contributed by atoms with E-state index in [-0.39, 0.29) is 6.61 Å². The SMILES string of the molecule is CCCCCCCCCCCCCCCCc1cccc2c1-c1nc-2nc2[nH]c(nc3nc(nc4[nH]c(n1)c1cccc(CCCCCCCCCO)c41)-c1ccccc1-3)c1ccccc21. The molecule has 9 nitrogen and oxygen atoms in total. The lowest BCUT2D eigenvalue weighted by molar-refractivity contribution is 0.282. The smallest absolute Gasteiger partial charge is 0.165 e. The molecule has 9 heteroatoms. The van der Waals surface area contributed by atoms with Crippen molar-refractivity contribution in [3.8, 4) is 45.6 Å². The molecule has 2 aliphatic rings. The van der Waals surface area contributed by atoms with E-state index in [1.807, 2.05) is 24.3 Å². The number of benzene rings is 4. The van der Waals surface area contributed by atoms with E-state index in [9.17, 15) is 5.11 Å². The highest BCUT2D eigenvalue weighted by Gasteiger charge is 2.24. The van der Waals surface area contributed by atoms with Gasteiger partial charge in [0, 0.05) is 50.4 Å². The van der Waals surface area contributed by atoms with Crippen LogP contribution in [-0.4, -0.2) is 51.6 Å². The molecule has 8 bridgehead atoms. The van der Waals surface area contributed by atoms with Crippen molar-refractivity contribution in [3.05, 3.63) is 96.1 Å². The summed E-state index contributed by atoms with van der Waals surface area (Å²) in [4.78, 5) is 39.0. The molecule has 66 heavy (non-hydrogen) atoms. The average Bonchev–Trinajstić information content (AvgIpc) is 4.09. The van der Waals surface area contributed by atoms with Crippen LogP contribution in [0.15, 0.2) is 84.9 Å². The lowest BCUT2D eigenvalue weighted by Crippen LogP contribution is -1.93. The maximum Gasteiger partial charge on any atom is 0.165 e. The number of aliphatic hydroxyl groups is 1. The summed E-state index contributed by atoms with van der Waals surface area (Å²) in [6.07, 6.45) is 28.5. The van der Waals surface area contributed by atoms with Crippen LogP contribution in [0.2, 0.25) is 0 Å². The molecule has 3 aromatic heterocycles. The van der Waals surface area contributed by atoms with Crippen LogP contribution in [0.1, 0.15) is 153 Å². The van der Waals surface area contributed by atoms with Gasteiger partial charge in [-0.2, -0.15) is 0 Å². The molecule has 0 aliphatic carbocycles. The molecule has 0 radical (unpaired) electrons. The second kappa shape index (κ2) is 22.6. The van der Waals surface area contributed by atoms with Gasteiger partial charge in [0.2, 0.25) is 0 Å². The summed E-state index contributed by atoms with van der Waals surface area (Å²) in [5.41, 5.74) is 9.39. The Labute approximate surface area is 390 Å². The van der Waals surface area contributed by atoms with E-state index in [0.717, 1.165) is 100 Å². The second-order valence-corrected chi connectivity index (χ2v) is 18.7. The van der Waals surface area contributed by atoms with Gasteiger partial charge in [-0.15, -0.1) is 0 Å². The number of aliphatic hydroxyl groups excluding tert-OH is 1. The van der Waals surface area contributed by atoms with E-state index in [1.54, 1.807) is 0 Å². The summed E-state index contributed by atoms with van der Waals surface area (Å²) in [5.74, 6) is 2.56. The van der Waals surface area contributed by atoms with Gasteiger partial charge >= 0.3 is 0 Å². The third kappa shape index (κ3) is 10.6. The Morgan fingerprint density at radius 2 is 0.773 bits per heavy atom. The number of hydrogen-bond donors (Lipinski definition) is 3. The van der Waals surface area contributed by atoms with Gasteiger partial charge in [-0.1, -0.05) is 207 Å². The van der Waals surface area contributed by atoms with Crippen LogP contribution < -0.4 is 0 Å². The fourth-order valence-corrected chi connectivity index (χ4v) is 10.2. The number of fused-ring (bicyclic) bond motifs is 20. The van der Waals surface area contributed by atoms with Gasteiger partial charge in [0.25, 0.3) is 0 Å². The summed E-state index contributed by atoms with van der Waals surface area (Å²) < 4.78 is 0. The van der Waals surface area contributed by atoms with Crippen LogP contribution in [-0.2, 0) is 12.8 Å². The molecule has 4 aromatic carbocycles. The van der Waals surface area contributed by atoms with Crippen molar-refractivity contribution < 1.29 is 5.11 Å². The molecule has 0 fully saturated rings. The number of nitrogens with zero attached hydrogens (tertiary/aromatic N) is 6. The molecule has 9 rings (SSSR count). The van der Waals surface area contributed by atoms with Crippen molar-refractivity contribution in [2.45, 2.75) is 155 Å². The topological polar surface area (TPSA) is 129 Å². The number of aromatic nitrogens is 8. The molecular formula is C57H68N8O. The number of rotatable bonds is 24. The highest BCUT2D eigenvalue weighted by Crippen LogP contribution is 2.39. The minimum Gasteiger partial charge on any atom is -0.396 e. The van der Waals surface area contributed by atoms with Crippen molar-refractivity contribution in [2.24, 2.45) is 0 Å². The van der Waals surface area contributed by atoms with Gasteiger partial charge in [-0.3, -0.25) is 0 Å². The van der Waals surface area contributed by atoms with E-state index in [2.05, 4.69) is 77.6 Å². The van der Waals surface area contributed by atoms with Gasteiger partial charge in [0.1, 0.15) is 22.6 Å². The zero-order valence-corrected chi connectivity index (χ0v) is 39.2. The van der Waals surface area contributed by atoms with Crippen molar-refractivity contribution in [1.29, 1.82) is 0 Å². The monoisotopic (exact) mass is 881 g/mol. The Hall–Kier alpha value is -5.80.